The molecule has 1 aromatic heterocycles. The minimum atomic E-state index is 0.0593. The molecule has 1 saturated heterocycles. The van der Waals surface area contributed by atoms with Crippen LogP contribution in [0.15, 0.2) is 21.6 Å². The zero-order chi connectivity index (χ0) is 20.0. The van der Waals surface area contributed by atoms with Crippen molar-refractivity contribution in [2.75, 3.05) is 32.9 Å². The molecular formula is C21H29BrN4OS. The number of benzene rings is 1. The van der Waals surface area contributed by atoms with E-state index in [2.05, 4.69) is 56.6 Å². The number of nitrogens with zero attached hydrogens (tertiary/aromatic N) is 2. The number of rotatable bonds is 4. The predicted octanol–water partition coefficient (Wildman–Crippen LogP) is 4.42. The van der Waals surface area contributed by atoms with E-state index < -0.39 is 0 Å². The molecule has 3 atom stereocenters. The van der Waals surface area contributed by atoms with Crippen molar-refractivity contribution in [3.8, 4) is 0 Å². The van der Waals surface area contributed by atoms with Crippen molar-refractivity contribution in [2.24, 2.45) is 0 Å². The van der Waals surface area contributed by atoms with E-state index in [1.165, 1.54) is 27.1 Å². The van der Waals surface area contributed by atoms with Crippen molar-refractivity contribution in [3.63, 3.8) is 0 Å². The van der Waals surface area contributed by atoms with Crippen LogP contribution in [-0.2, 0) is 6.42 Å². The number of amides is 2. The molecule has 28 heavy (non-hydrogen) atoms. The van der Waals surface area contributed by atoms with E-state index in [4.69, 9.17) is 0 Å². The molecule has 2 N–H and O–H groups in total. The number of halogens is 1. The first kappa shape index (κ1) is 20.1. The molecule has 152 valence electrons. The van der Waals surface area contributed by atoms with E-state index >= 15 is 0 Å². The lowest BCUT2D eigenvalue weighted by molar-refractivity contribution is 0.123. The zero-order valence-corrected chi connectivity index (χ0v) is 19.4. The molecule has 0 saturated carbocycles. The number of aromatic amines is 1. The maximum atomic E-state index is 12.6. The van der Waals surface area contributed by atoms with Gasteiger partial charge in [0.2, 0.25) is 0 Å². The minimum absolute atomic E-state index is 0.0593. The third-order valence-corrected chi connectivity index (χ3v) is 7.64. The summed E-state index contributed by atoms with van der Waals surface area (Å²) < 4.78 is 1.12. The third-order valence-electron chi connectivity index (χ3n) is 6.43. The fraction of sp³-hybridized carbons (Fsp3) is 0.571. The molecule has 1 aromatic carbocycles. The van der Waals surface area contributed by atoms with Crippen LogP contribution >= 0.6 is 27.7 Å². The van der Waals surface area contributed by atoms with Crippen LogP contribution in [0.4, 0.5) is 4.79 Å². The second kappa shape index (κ2) is 7.92. The number of thioether (sulfide) groups is 1. The fourth-order valence-electron chi connectivity index (χ4n) is 5.09. The summed E-state index contributed by atoms with van der Waals surface area (Å²) in [5.41, 5.74) is 4.10. The summed E-state index contributed by atoms with van der Waals surface area (Å²) in [4.78, 5) is 20.5. The van der Waals surface area contributed by atoms with Crippen LogP contribution in [0, 0.1) is 0 Å². The summed E-state index contributed by atoms with van der Waals surface area (Å²) in [7, 11) is 2.21. The van der Waals surface area contributed by atoms with E-state index in [9.17, 15) is 4.79 Å². The number of hydrogen-bond acceptors (Lipinski definition) is 3. The van der Waals surface area contributed by atoms with Crippen LogP contribution in [0.5, 0.6) is 0 Å². The van der Waals surface area contributed by atoms with Gasteiger partial charge >= 0.3 is 6.03 Å². The van der Waals surface area contributed by atoms with Crippen LogP contribution in [0.1, 0.15) is 37.3 Å². The van der Waals surface area contributed by atoms with Gasteiger partial charge in [0.05, 0.1) is 5.03 Å². The second-order valence-corrected chi connectivity index (χ2v) is 9.66. The topological polar surface area (TPSA) is 51.4 Å². The first-order valence-corrected chi connectivity index (χ1v) is 12.1. The minimum Gasteiger partial charge on any atom is -0.349 e. The Kier molecular flexibility index (Phi) is 5.69. The summed E-state index contributed by atoms with van der Waals surface area (Å²) in [5.74, 6) is 0.429. The summed E-state index contributed by atoms with van der Waals surface area (Å²) >= 11 is 5.51. The normalized spacial score (nSPS) is 24.2. The number of aromatic nitrogens is 1. The Morgan fingerprint density at radius 2 is 2.14 bits per heavy atom. The van der Waals surface area contributed by atoms with Gasteiger partial charge in [-0.2, -0.15) is 0 Å². The number of carbonyl (C=O) groups is 1. The lowest BCUT2D eigenvalue weighted by Gasteiger charge is -2.46. The Morgan fingerprint density at radius 3 is 2.82 bits per heavy atom. The predicted molar refractivity (Wildman–Crippen MR) is 121 cm³/mol. The highest BCUT2D eigenvalue weighted by molar-refractivity contribution is 9.10. The first-order chi connectivity index (χ1) is 13.5. The smallest absolute Gasteiger partial charge is 0.317 e. The molecule has 0 radical (unpaired) electrons. The lowest BCUT2D eigenvalue weighted by atomic mass is 9.74. The molecule has 0 bridgehead atoms. The summed E-state index contributed by atoms with van der Waals surface area (Å²) in [6, 6.07) is 5.20. The Hall–Kier alpha value is -1.18. The molecule has 2 heterocycles. The van der Waals surface area contributed by atoms with Crippen LogP contribution in [-0.4, -0.2) is 65.8 Å². The Morgan fingerprint density at radius 1 is 1.39 bits per heavy atom. The van der Waals surface area contributed by atoms with Gasteiger partial charge in [-0.1, -0.05) is 15.9 Å². The van der Waals surface area contributed by atoms with E-state index in [0.717, 1.165) is 36.9 Å². The maximum Gasteiger partial charge on any atom is 0.317 e. The van der Waals surface area contributed by atoms with Gasteiger partial charge < -0.3 is 20.1 Å². The van der Waals surface area contributed by atoms with Crippen molar-refractivity contribution in [1.82, 2.24) is 20.1 Å². The van der Waals surface area contributed by atoms with Gasteiger partial charge in [0.1, 0.15) is 0 Å². The number of H-pyrrole nitrogens is 1. The number of piperidine rings is 1. The summed E-state index contributed by atoms with van der Waals surface area (Å²) in [6.07, 6.45) is 4.21. The van der Waals surface area contributed by atoms with Crippen LogP contribution < -0.4 is 5.32 Å². The van der Waals surface area contributed by atoms with E-state index in [1.54, 1.807) is 11.8 Å². The largest absolute Gasteiger partial charge is 0.349 e. The monoisotopic (exact) mass is 464 g/mol. The Labute approximate surface area is 179 Å². The van der Waals surface area contributed by atoms with Gasteiger partial charge in [-0.15, -0.1) is 11.8 Å². The highest BCUT2D eigenvalue weighted by Gasteiger charge is 2.41. The molecular weight excluding hydrogens is 436 g/mol. The highest BCUT2D eigenvalue weighted by atomic mass is 79.9. The molecule has 1 unspecified atom stereocenters. The van der Waals surface area contributed by atoms with Crippen LogP contribution in [0.2, 0.25) is 0 Å². The summed E-state index contributed by atoms with van der Waals surface area (Å²) in [5, 5.41) is 5.98. The zero-order valence-electron chi connectivity index (χ0n) is 17.0. The standard InChI is InChI=1S/C21H29BrN4OS/c1-5-26(6-2)21(27)23-13-9-14-15-7-12(22)8-17-19(15)16(20(24-17)28-4)10-18(14)25(3)11-13/h7-8,13-14,18,24H,5-6,9-11H2,1-4H3,(H,23,27)/t13-,14?,18+/m0/s1. The molecule has 2 amide bonds. The number of likely N-dealkylation sites (tertiary alicyclic amines) is 1. The molecule has 7 heteroatoms. The first-order valence-electron chi connectivity index (χ1n) is 10.1. The average Bonchev–Trinajstić information content (AvgIpc) is 3.01. The van der Waals surface area contributed by atoms with Crippen LogP contribution in [0.3, 0.4) is 0 Å². The SMILES string of the molecule is CCN(CC)C(=O)N[C@H]1CC2c3cc(Br)cc4[nH]c(SC)c(c34)C[C@H]2N(C)C1. The fourth-order valence-corrected chi connectivity index (χ4v) is 6.21. The van der Waals surface area contributed by atoms with Crippen molar-refractivity contribution < 1.29 is 4.79 Å². The molecule has 1 aliphatic heterocycles. The lowest BCUT2D eigenvalue weighted by Crippen LogP contribution is -2.56. The number of fused-ring (bicyclic) bond motifs is 2. The van der Waals surface area contributed by atoms with Gasteiger partial charge in [0, 0.05) is 53.0 Å². The van der Waals surface area contributed by atoms with Gasteiger partial charge in [0.25, 0.3) is 0 Å². The highest BCUT2D eigenvalue weighted by Crippen LogP contribution is 2.46. The van der Waals surface area contributed by atoms with E-state index in [0.29, 0.717) is 12.0 Å². The van der Waals surface area contributed by atoms with Crippen molar-refractivity contribution >= 4 is 44.6 Å². The molecule has 2 aliphatic rings. The quantitative estimate of drug-likeness (QED) is 0.658. The maximum absolute atomic E-state index is 12.6. The average molecular weight is 465 g/mol. The van der Waals surface area contributed by atoms with Gasteiger partial charge in [-0.25, -0.2) is 4.79 Å². The second-order valence-electron chi connectivity index (χ2n) is 7.93. The van der Waals surface area contributed by atoms with E-state index in [1.807, 2.05) is 18.7 Å². The number of nitrogens with one attached hydrogen (secondary N) is 2. The molecule has 5 nitrogen and oxygen atoms in total. The summed E-state index contributed by atoms with van der Waals surface area (Å²) in [6.45, 7) is 6.45. The van der Waals surface area contributed by atoms with Gasteiger partial charge in [-0.05, 0) is 63.3 Å². The molecule has 1 fully saturated rings. The third kappa shape index (κ3) is 3.35. The number of hydrogen-bond donors (Lipinski definition) is 2. The molecule has 4 rings (SSSR count). The van der Waals surface area contributed by atoms with Crippen molar-refractivity contribution in [2.45, 2.75) is 49.7 Å². The molecule has 1 aliphatic carbocycles. The number of urea groups is 1. The molecule has 2 aromatic rings. The van der Waals surface area contributed by atoms with Crippen molar-refractivity contribution in [1.29, 1.82) is 0 Å². The van der Waals surface area contributed by atoms with Crippen LogP contribution in [0.25, 0.3) is 10.9 Å². The van der Waals surface area contributed by atoms with Gasteiger partial charge in [0.15, 0.2) is 0 Å². The van der Waals surface area contributed by atoms with Crippen molar-refractivity contribution in [3.05, 3.63) is 27.7 Å². The molecule has 0 spiro atoms. The van der Waals surface area contributed by atoms with E-state index in [-0.39, 0.29) is 12.1 Å². The van der Waals surface area contributed by atoms with Gasteiger partial charge in [-0.3, -0.25) is 0 Å². The number of carbonyl (C=O) groups excluding carboxylic acids is 1. The Bertz CT molecular complexity index is 894. The Balaban J connectivity index is 1.68. The number of likely N-dealkylation sites (N-methyl/N-ethyl adjacent to an activating group) is 1.